The number of anilines is 2. The highest BCUT2D eigenvalue weighted by molar-refractivity contribution is 5.74. The molecule has 17 heavy (non-hydrogen) atoms. The van der Waals surface area contributed by atoms with Gasteiger partial charge in [0.25, 0.3) is 0 Å². The lowest BCUT2D eigenvalue weighted by molar-refractivity contribution is 0.0874. The average molecular weight is 236 g/mol. The molecule has 0 aromatic heterocycles. The van der Waals surface area contributed by atoms with Crippen molar-refractivity contribution in [2.45, 2.75) is 19.4 Å². The van der Waals surface area contributed by atoms with Crippen molar-refractivity contribution in [2.24, 2.45) is 0 Å². The monoisotopic (exact) mass is 236 g/mol. The molecule has 1 aromatic carbocycles. The highest BCUT2D eigenvalue weighted by atomic mass is 16.5. The molecule has 4 heteroatoms. The van der Waals surface area contributed by atoms with Gasteiger partial charge in [-0.15, -0.1) is 0 Å². The lowest BCUT2D eigenvalue weighted by Gasteiger charge is -2.36. The van der Waals surface area contributed by atoms with Gasteiger partial charge in [0, 0.05) is 25.7 Å². The second kappa shape index (κ2) is 4.45. The quantitative estimate of drug-likeness (QED) is 0.838. The molecule has 94 valence electrons. The Kier molecular flexibility index (Phi) is 3.15. The summed E-state index contributed by atoms with van der Waals surface area (Å²) in [5, 5.41) is 13.3. The number of benzene rings is 1. The van der Waals surface area contributed by atoms with Gasteiger partial charge in [0.2, 0.25) is 0 Å². The summed E-state index contributed by atoms with van der Waals surface area (Å²) in [5.74, 6) is 0.848. The predicted octanol–water partition coefficient (Wildman–Crippen LogP) is 1.70. The summed E-state index contributed by atoms with van der Waals surface area (Å²) in [7, 11) is 1.67. The van der Waals surface area contributed by atoms with Gasteiger partial charge in [-0.25, -0.2) is 0 Å². The molecule has 0 bridgehead atoms. The van der Waals surface area contributed by atoms with Crippen LogP contribution in [-0.2, 0) is 0 Å². The highest BCUT2D eigenvalue weighted by Gasteiger charge is 2.23. The Morgan fingerprint density at radius 2 is 2.24 bits per heavy atom. The maximum Gasteiger partial charge on any atom is 0.121 e. The van der Waals surface area contributed by atoms with E-state index in [1.54, 1.807) is 7.11 Å². The van der Waals surface area contributed by atoms with E-state index < -0.39 is 5.60 Å². The molecular formula is C13H20N2O2. The zero-order valence-electron chi connectivity index (χ0n) is 10.7. The van der Waals surface area contributed by atoms with E-state index >= 15 is 0 Å². The van der Waals surface area contributed by atoms with E-state index in [0.29, 0.717) is 6.54 Å². The minimum atomic E-state index is -0.686. The van der Waals surface area contributed by atoms with Crippen LogP contribution in [-0.4, -0.2) is 37.5 Å². The number of aliphatic hydroxyl groups is 1. The fraction of sp³-hybridized carbons (Fsp3) is 0.538. The molecule has 1 aliphatic rings. The van der Waals surface area contributed by atoms with Gasteiger partial charge in [0.15, 0.2) is 0 Å². The molecule has 0 atom stereocenters. The summed E-state index contributed by atoms with van der Waals surface area (Å²) >= 11 is 0. The van der Waals surface area contributed by atoms with Gasteiger partial charge in [-0.3, -0.25) is 0 Å². The molecule has 0 radical (unpaired) electrons. The maximum absolute atomic E-state index is 9.91. The van der Waals surface area contributed by atoms with Crippen molar-refractivity contribution in [3.05, 3.63) is 18.2 Å². The van der Waals surface area contributed by atoms with Crippen LogP contribution in [0.5, 0.6) is 5.75 Å². The summed E-state index contributed by atoms with van der Waals surface area (Å²) in [6, 6.07) is 5.97. The zero-order chi connectivity index (χ0) is 12.5. The van der Waals surface area contributed by atoms with Gasteiger partial charge < -0.3 is 20.1 Å². The molecule has 0 amide bonds. The third kappa shape index (κ3) is 2.82. The molecule has 0 saturated carbocycles. The van der Waals surface area contributed by atoms with Crippen molar-refractivity contribution in [2.75, 3.05) is 37.0 Å². The molecule has 0 unspecified atom stereocenters. The van der Waals surface area contributed by atoms with E-state index in [-0.39, 0.29) is 0 Å². The van der Waals surface area contributed by atoms with Crippen LogP contribution in [0.25, 0.3) is 0 Å². The highest BCUT2D eigenvalue weighted by Crippen LogP contribution is 2.33. The lowest BCUT2D eigenvalue weighted by atomic mass is 10.1. The van der Waals surface area contributed by atoms with Crippen LogP contribution >= 0.6 is 0 Å². The molecule has 4 nitrogen and oxygen atoms in total. The molecule has 0 saturated heterocycles. The largest absolute Gasteiger partial charge is 0.497 e. The van der Waals surface area contributed by atoms with E-state index in [2.05, 4.69) is 10.2 Å². The van der Waals surface area contributed by atoms with E-state index in [9.17, 15) is 5.11 Å². The summed E-state index contributed by atoms with van der Waals surface area (Å²) < 4.78 is 5.21. The number of fused-ring (bicyclic) bond motifs is 1. The molecule has 1 aliphatic heterocycles. The van der Waals surface area contributed by atoms with Crippen LogP contribution in [0, 0.1) is 0 Å². The average Bonchev–Trinajstić information content (AvgIpc) is 2.26. The van der Waals surface area contributed by atoms with Crippen LogP contribution in [0.1, 0.15) is 13.8 Å². The Bertz CT molecular complexity index is 399. The Morgan fingerprint density at radius 1 is 1.47 bits per heavy atom. The number of hydrogen-bond acceptors (Lipinski definition) is 4. The summed E-state index contributed by atoms with van der Waals surface area (Å²) in [5.41, 5.74) is 1.51. The van der Waals surface area contributed by atoms with Gasteiger partial charge >= 0.3 is 0 Å². The predicted molar refractivity (Wildman–Crippen MR) is 70.0 cm³/mol. The Labute approximate surface area is 102 Å². The third-order valence-corrected chi connectivity index (χ3v) is 2.82. The first-order valence-corrected chi connectivity index (χ1v) is 5.89. The summed E-state index contributed by atoms with van der Waals surface area (Å²) in [6.45, 7) is 6.09. The number of nitrogens with zero attached hydrogens (tertiary/aromatic N) is 1. The fourth-order valence-corrected chi connectivity index (χ4v) is 2.14. The fourth-order valence-electron chi connectivity index (χ4n) is 2.14. The number of nitrogens with one attached hydrogen (secondary N) is 1. The smallest absolute Gasteiger partial charge is 0.121 e. The van der Waals surface area contributed by atoms with Crippen LogP contribution in [0.2, 0.25) is 0 Å². The van der Waals surface area contributed by atoms with Crippen molar-refractivity contribution in [1.82, 2.24) is 0 Å². The Balaban J connectivity index is 2.25. The summed E-state index contributed by atoms with van der Waals surface area (Å²) in [4.78, 5) is 2.20. The first-order chi connectivity index (χ1) is 7.99. The minimum absolute atomic E-state index is 0.633. The second-order valence-electron chi connectivity index (χ2n) is 5.04. The van der Waals surface area contributed by atoms with Gasteiger partial charge in [-0.2, -0.15) is 0 Å². The van der Waals surface area contributed by atoms with E-state index in [4.69, 9.17) is 4.74 Å². The van der Waals surface area contributed by atoms with Gasteiger partial charge in [0.05, 0.1) is 24.1 Å². The zero-order valence-corrected chi connectivity index (χ0v) is 10.7. The first kappa shape index (κ1) is 12.0. The molecule has 1 aromatic rings. The Hall–Kier alpha value is -1.42. The minimum Gasteiger partial charge on any atom is -0.497 e. The van der Waals surface area contributed by atoms with E-state index in [1.807, 2.05) is 32.0 Å². The molecule has 1 heterocycles. The van der Waals surface area contributed by atoms with Crippen molar-refractivity contribution in [1.29, 1.82) is 0 Å². The van der Waals surface area contributed by atoms with Crippen molar-refractivity contribution < 1.29 is 9.84 Å². The number of hydrogen-bond donors (Lipinski definition) is 2. The SMILES string of the molecule is COc1ccc2c(c1)NCCN2CC(C)(C)O. The number of ether oxygens (including phenoxy) is 1. The summed E-state index contributed by atoms with van der Waals surface area (Å²) in [6.07, 6.45) is 0. The van der Waals surface area contributed by atoms with Crippen LogP contribution in [0.3, 0.4) is 0 Å². The molecule has 0 aliphatic carbocycles. The van der Waals surface area contributed by atoms with Gasteiger partial charge in [-0.05, 0) is 26.0 Å². The number of methoxy groups -OCH3 is 1. The van der Waals surface area contributed by atoms with Gasteiger partial charge in [0.1, 0.15) is 5.75 Å². The van der Waals surface area contributed by atoms with Crippen LogP contribution < -0.4 is 15.0 Å². The van der Waals surface area contributed by atoms with E-state index in [0.717, 1.165) is 30.2 Å². The standard InChI is InChI=1S/C13H20N2O2/c1-13(2,16)9-15-7-6-14-11-8-10(17-3)4-5-12(11)15/h4-5,8,14,16H,6-7,9H2,1-3H3. The van der Waals surface area contributed by atoms with Crippen molar-refractivity contribution >= 4 is 11.4 Å². The van der Waals surface area contributed by atoms with Gasteiger partial charge in [-0.1, -0.05) is 0 Å². The molecular weight excluding hydrogens is 216 g/mol. The molecule has 2 rings (SSSR count). The molecule has 0 fully saturated rings. The molecule has 0 spiro atoms. The maximum atomic E-state index is 9.91. The first-order valence-electron chi connectivity index (χ1n) is 5.89. The topological polar surface area (TPSA) is 44.7 Å². The number of rotatable bonds is 3. The van der Waals surface area contributed by atoms with Crippen LogP contribution in [0.15, 0.2) is 18.2 Å². The lowest BCUT2D eigenvalue weighted by Crippen LogP contribution is -2.43. The van der Waals surface area contributed by atoms with E-state index in [1.165, 1.54) is 0 Å². The Morgan fingerprint density at radius 3 is 2.88 bits per heavy atom. The number of β-amino-alcohol motifs (C(OH)–C–C–N with tert-alkyl or cyclic N) is 1. The molecule has 2 N–H and O–H groups in total. The normalized spacial score (nSPS) is 15.2. The second-order valence-corrected chi connectivity index (χ2v) is 5.04. The third-order valence-electron chi connectivity index (χ3n) is 2.82. The van der Waals surface area contributed by atoms with Crippen molar-refractivity contribution in [3.63, 3.8) is 0 Å². The van der Waals surface area contributed by atoms with Crippen LogP contribution in [0.4, 0.5) is 11.4 Å². The van der Waals surface area contributed by atoms with Crippen molar-refractivity contribution in [3.8, 4) is 5.75 Å².